The van der Waals surface area contributed by atoms with Crippen LogP contribution in [0.15, 0.2) is 36.4 Å². The first-order chi connectivity index (χ1) is 12.3. The van der Waals surface area contributed by atoms with E-state index in [2.05, 4.69) is 10.3 Å². The van der Waals surface area contributed by atoms with Gasteiger partial charge in [0, 0.05) is 5.56 Å². The highest BCUT2D eigenvalue weighted by Crippen LogP contribution is 2.28. The summed E-state index contributed by atoms with van der Waals surface area (Å²) in [4.78, 5) is 28.7. The monoisotopic (exact) mass is 408 g/mol. The molecule has 0 spiro atoms. The van der Waals surface area contributed by atoms with E-state index in [1.165, 1.54) is 17.4 Å². The Kier molecular flexibility index (Phi) is 5.46. The van der Waals surface area contributed by atoms with E-state index in [-0.39, 0.29) is 12.0 Å². The minimum absolute atomic E-state index is 0.194. The van der Waals surface area contributed by atoms with Crippen LogP contribution in [0.1, 0.15) is 34.6 Å². The maximum Gasteiger partial charge on any atom is 0.338 e. The average Bonchev–Trinajstić information content (AvgIpc) is 2.97. The highest BCUT2D eigenvalue weighted by atomic mass is 35.5. The van der Waals surface area contributed by atoms with Crippen molar-refractivity contribution in [2.75, 3.05) is 5.32 Å². The molecule has 1 aromatic heterocycles. The van der Waals surface area contributed by atoms with Crippen LogP contribution in [0.2, 0.25) is 10.0 Å². The molecule has 0 aliphatic heterocycles. The van der Waals surface area contributed by atoms with Gasteiger partial charge in [-0.3, -0.25) is 10.1 Å². The normalized spacial score (nSPS) is 11.0. The second-order valence-electron chi connectivity index (χ2n) is 5.74. The van der Waals surface area contributed by atoms with Gasteiger partial charge in [0.05, 0.1) is 31.9 Å². The number of ether oxygens (including phenoxy) is 1. The number of rotatable bonds is 4. The first-order valence-corrected chi connectivity index (χ1v) is 9.28. The predicted molar refractivity (Wildman–Crippen MR) is 105 cm³/mol. The van der Waals surface area contributed by atoms with Gasteiger partial charge >= 0.3 is 5.97 Å². The molecule has 0 aliphatic rings. The molecule has 5 nitrogen and oxygen atoms in total. The minimum atomic E-state index is -0.392. The number of thiazole rings is 1. The zero-order valence-corrected chi connectivity index (χ0v) is 16.2. The Balaban J connectivity index is 1.81. The molecule has 3 rings (SSSR count). The number of hydrogen-bond acceptors (Lipinski definition) is 5. The molecule has 0 unspecified atom stereocenters. The number of amides is 1. The lowest BCUT2D eigenvalue weighted by Crippen LogP contribution is -2.11. The first-order valence-electron chi connectivity index (χ1n) is 7.71. The van der Waals surface area contributed by atoms with Crippen molar-refractivity contribution in [1.29, 1.82) is 0 Å². The summed E-state index contributed by atoms with van der Waals surface area (Å²) in [6, 6.07) is 9.70. The third-order valence-corrected chi connectivity index (χ3v) is 5.04. The number of esters is 1. The molecular formula is C18H14Cl2N2O3S. The van der Waals surface area contributed by atoms with Crippen LogP contribution in [0.4, 0.5) is 5.13 Å². The lowest BCUT2D eigenvalue weighted by molar-refractivity contribution is 0.0378. The van der Waals surface area contributed by atoms with E-state index in [1.54, 1.807) is 44.2 Å². The third kappa shape index (κ3) is 4.15. The van der Waals surface area contributed by atoms with Crippen LogP contribution in [0.3, 0.4) is 0 Å². The molecule has 8 heteroatoms. The van der Waals surface area contributed by atoms with Gasteiger partial charge < -0.3 is 4.74 Å². The predicted octanol–water partition coefficient (Wildman–Crippen LogP) is 5.42. The van der Waals surface area contributed by atoms with Crippen LogP contribution >= 0.6 is 34.5 Å². The summed E-state index contributed by atoms with van der Waals surface area (Å²) in [5.41, 5.74) is 1.50. The number of nitrogens with one attached hydrogen (secondary N) is 1. The van der Waals surface area contributed by atoms with E-state index in [0.29, 0.717) is 31.8 Å². The van der Waals surface area contributed by atoms with Crippen molar-refractivity contribution in [3.63, 3.8) is 0 Å². The van der Waals surface area contributed by atoms with Crippen molar-refractivity contribution in [2.24, 2.45) is 0 Å². The number of halogens is 2. The number of nitrogens with zero attached hydrogens (tertiary/aromatic N) is 1. The Morgan fingerprint density at radius 3 is 2.50 bits per heavy atom. The van der Waals surface area contributed by atoms with E-state index < -0.39 is 5.97 Å². The largest absolute Gasteiger partial charge is 0.459 e. The summed E-state index contributed by atoms with van der Waals surface area (Å²) in [7, 11) is 0. The summed E-state index contributed by atoms with van der Waals surface area (Å²) in [6.45, 7) is 3.58. The van der Waals surface area contributed by atoms with Crippen molar-refractivity contribution < 1.29 is 14.3 Å². The highest BCUT2D eigenvalue weighted by Gasteiger charge is 2.14. The number of benzene rings is 2. The number of fused-ring (bicyclic) bond motifs is 1. The molecule has 0 aliphatic carbocycles. The van der Waals surface area contributed by atoms with Crippen molar-refractivity contribution in [2.45, 2.75) is 20.0 Å². The van der Waals surface area contributed by atoms with E-state index in [4.69, 9.17) is 27.9 Å². The summed E-state index contributed by atoms with van der Waals surface area (Å²) >= 11 is 13.1. The van der Waals surface area contributed by atoms with Crippen molar-refractivity contribution in [3.8, 4) is 0 Å². The maximum absolute atomic E-state index is 12.3. The number of carbonyl (C=O) groups is 2. The fraction of sp³-hybridized carbons (Fsp3) is 0.167. The van der Waals surface area contributed by atoms with Gasteiger partial charge in [-0.1, -0.05) is 34.5 Å². The Hall–Kier alpha value is -2.15. The minimum Gasteiger partial charge on any atom is -0.459 e. The standard InChI is InChI=1S/C18H14Cl2N2O3S/c1-9(2)25-17(24)11-4-6-14-15(8-11)26-18(21-14)22-16(23)10-3-5-12(19)13(20)7-10/h3-9H,1-2H3,(H,21,22,23). The molecule has 0 bridgehead atoms. The Morgan fingerprint density at radius 1 is 1.08 bits per heavy atom. The molecule has 1 N–H and O–H groups in total. The molecule has 1 amide bonds. The lowest BCUT2D eigenvalue weighted by Gasteiger charge is -2.07. The molecule has 1 heterocycles. The second-order valence-corrected chi connectivity index (χ2v) is 7.58. The van der Waals surface area contributed by atoms with Gasteiger partial charge in [-0.2, -0.15) is 0 Å². The highest BCUT2D eigenvalue weighted by molar-refractivity contribution is 7.22. The first kappa shape index (κ1) is 18.6. The third-order valence-electron chi connectivity index (χ3n) is 3.37. The van der Waals surface area contributed by atoms with Crippen molar-refractivity contribution >= 4 is 61.8 Å². The number of hydrogen-bond donors (Lipinski definition) is 1. The summed E-state index contributed by atoms with van der Waals surface area (Å²) in [5, 5.41) is 3.83. The molecule has 0 saturated carbocycles. The Bertz CT molecular complexity index is 1000. The molecule has 0 fully saturated rings. The Labute approximate surface area is 163 Å². The van der Waals surface area contributed by atoms with Gasteiger partial charge in [-0.25, -0.2) is 9.78 Å². The van der Waals surface area contributed by atoms with Crippen molar-refractivity contribution in [1.82, 2.24) is 4.98 Å². The van der Waals surface area contributed by atoms with Crippen LogP contribution in [-0.2, 0) is 4.74 Å². The number of anilines is 1. The lowest BCUT2D eigenvalue weighted by atomic mass is 10.2. The molecule has 2 aromatic carbocycles. The molecule has 3 aromatic rings. The van der Waals surface area contributed by atoms with Crippen LogP contribution in [0.5, 0.6) is 0 Å². The molecular weight excluding hydrogens is 395 g/mol. The topological polar surface area (TPSA) is 68.3 Å². The van der Waals surface area contributed by atoms with Crippen LogP contribution in [0.25, 0.3) is 10.2 Å². The van der Waals surface area contributed by atoms with Gasteiger partial charge in [0.1, 0.15) is 0 Å². The van der Waals surface area contributed by atoms with Gasteiger partial charge in [-0.05, 0) is 50.2 Å². The number of carbonyl (C=O) groups excluding carboxylic acids is 2. The molecule has 134 valence electrons. The zero-order valence-electron chi connectivity index (χ0n) is 13.9. The van der Waals surface area contributed by atoms with Crippen LogP contribution in [-0.4, -0.2) is 23.0 Å². The fourth-order valence-corrected chi connectivity index (χ4v) is 3.39. The van der Waals surface area contributed by atoms with E-state index in [0.717, 1.165) is 4.70 Å². The van der Waals surface area contributed by atoms with E-state index >= 15 is 0 Å². The van der Waals surface area contributed by atoms with Gasteiger partial charge in [0.2, 0.25) is 0 Å². The van der Waals surface area contributed by atoms with Crippen molar-refractivity contribution in [3.05, 3.63) is 57.6 Å². The molecule has 26 heavy (non-hydrogen) atoms. The van der Waals surface area contributed by atoms with Crippen LogP contribution in [0, 0.1) is 0 Å². The smallest absolute Gasteiger partial charge is 0.338 e. The van der Waals surface area contributed by atoms with E-state index in [9.17, 15) is 9.59 Å². The summed E-state index contributed by atoms with van der Waals surface area (Å²) < 4.78 is 5.96. The van der Waals surface area contributed by atoms with Gasteiger partial charge in [0.15, 0.2) is 5.13 Å². The summed E-state index contributed by atoms with van der Waals surface area (Å²) in [5.74, 6) is -0.737. The molecule has 0 radical (unpaired) electrons. The Morgan fingerprint density at radius 2 is 1.81 bits per heavy atom. The van der Waals surface area contributed by atoms with Crippen LogP contribution < -0.4 is 5.32 Å². The molecule has 0 atom stereocenters. The maximum atomic E-state index is 12.3. The summed E-state index contributed by atoms with van der Waals surface area (Å²) in [6.07, 6.45) is -0.194. The molecule has 0 saturated heterocycles. The zero-order chi connectivity index (χ0) is 18.8. The average molecular weight is 409 g/mol. The fourth-order valence-electron chi connectivity index (χ4n) is 2.19. The van der Waals surface area contributed by atoms with E-state index in [1.807, 2.05) is 0 Å². The quantitative estimate of drug-likeness (QED) is 0.585. The number of aromatic nitrogens is 1. The van der Waals surface area contributed by atoms with Gasteiger partial charge in [0.25, 0.3) is 5.91 Å². The van der Waals surface area contributed by atoms with Gasteiger partial charge in [-0.15, -0.1) is 0 Å². The SMILES string of the molecule is CC(C)OC(=O)c1ccc2nc(NC(=O)c3ccc(Cl)c(Cl)c3)sc2c1. The second kappa shape index (κ2) is 7.61.